The summed E-state index contributed by atoms with van der Waals surface area (Å²) in [6.45, 7) is 1.67. The number of hydrogen-bond acceptors (Lipinski definition) is 4. The van der Waals surface area contributed by atoms with Gasteiger partial charge in [-0.05, 0) is 25.5 Å². The Balaban J connectivity index is 2.22. The highest BCUT2D eigenvalue weighted by Crippen LogP contribution is 2.25. The zero-order chi connectivity index (χ0) is 15.1. The van der Waals surface area contributed by atoms with Gasteiger partial charge in [0.05, 0.1) is 28.4 Å². The summed E-state index contributed by atoms with van der Waals surface area (Å²) in [7, 11) is 0. The first kappa shape index (κ1) is 13.9. The first-order valence-electron chi connectivity index (χ1n) is 6.71. The van der Waals surface area contributed by atoms with Crippen molar-refractivity contribution in [2.75, 3.05) is 0 Å². The van der Waals surface area contributed by atoms with Gasteiger partial charge in [-0.2, -0.15) is 0 Å². The fourth-order valence-corrected chi connectivity index (χ4v) is 3.01. The molecule has 1 atom stereocenters. The Bertz CT molecular complexity index is 826. The maximum absolute atomic E-state index is 12.7. The molecule has 1 heterocycles. The average molecular weight is 305 g/mol. The predicted molar refractivity (Wildman–Crippen MR) is 78.7 cm³/mol. The Kier molecular flexibility index (Phi) is 3.37. The molecule has 0 N–H and O–H groups in total. The summed E-state index contributed by atoms with van der Waals surface area (Å²) >= 11 is 6.06. The maximum Gasteiger partial charge on any atom is 0.262 e. The van der Waals surface area contributed by atoms with Gasteiger partial charge in [-0.25, -0.2) is 4.98 Å². The minimum Gasteiger partial charge on any atom is -0.299 e. The van der Waals surface area contributed by atoms with E-state index in [1.807, 2.05) is 0 Å². The molecule has 0 radical (unpaired) electrons. The van der Waals surface area contributed by atoms with E-state index in [0.29, 0.717) is 34.6 Å². The molecule has 0 spiro atoms. The molecule has 0 aliphatic heterocycles. The van der Waals surface area contributed by atoms with Gasteiger partial charge in [-0.1, -0.05) is 17.7 Å². The number of benzene rings is 1. The van der Waals surface area contributed by atoms with E-state index in [0.717, 1.165) is 0 Å². The number of para-hydroxylation sites is 1. The van der Waals surface area contributed by atoms with Gasteiger partial charge in [0.25, 0.3) is 5.56 Å². The smallest absolute Gasteiger partial charge is 0.262 e. The number of aromatic nitrogens is 2. The molecule has 1 aliphatic rings. The van der Waals surface area contributed by atoms with Crippen LogP contribution >= 0.6 is 11.6 Å². The molecule has 108 valence electrons. The molecule has 1 aromatic heterocycles. The third-order valence-electron chi connectivity index (χ3n) is 3.81. The highest BCUT2D eigenvalue weighted by atomic mass is 35.5. The van der Waals surface area contributed by atoms with Gasteiger partial charge in [-0.3, -0.25) is 19.0 Å². The molecule has 0 saturated heterocycles. The Labute approximate surface area is 125 Å². The largest absolute Gasteiger partial charge is 0.299 e. The molecule has 1 aromatic carbocycles. The lowest BCUT2D eigenvalue weighted by Crippen LogP contribution is -2.36. The van der Waals surface area contributed by atoms with Crippen molar-refractivity contribution in [2.24, 2.45) is 0 Å². The molecule has 21 heavy (non-hydrogen) atoms. The van der Waals surface area contributed by atoms with E-state index in [1.54, 1.807) is 25.1 Å². The van der Waals surface area contributed by atoms with Crippen molar-refractivity contribution in [3.05, 3.63) is 39.4 Å². The lowest BCUT2D eigenvalue weighted by atomic mass is 9.92. The zero-order valence-electron chi connectivity index (χ0n) is 11.4. The van der Waals surface area contributed by atoms with Gasteiger partial charge in [0.15, 0.2) is 5.78 Å². The van der Waals surface area contributed by atoms with Crippen LogP contribution in [0.4, 0.5) is 0 Å². The van der Waals surface area contributed by atoms with Crippen molar-refractivity contribution >= 4 is 34.1 Å². The number of nitrogens with zero attached hydrogens (tertiary/aromatic N) is 2. The molecule has 5 nitrogen and oxygen atoms in total. The number of rotatable bonds is 1. The summed E-state index contributed by atoms with van der Waals surface area (Å²) in [6.07, 6.45) is 0.562. The number of halogens is 1. The van der Waals surface area contributed by atoms with Crippen LogP contribution in [-0.2, 0) is 9.59 Å². The molecular formula is C15H13ClN2O3. The number of carbonyl (C=O) groups is 2. The summed E-state index contributed by atoms with van der Waals surface area (Å²) in [6, 6.07) is 4.39. The first-order valence-corrected chi connectivity index (χ1v) is 7.08. The second-order valence-electron chi connectivity index (χ2n) is 5.21. The second kappa shape index (κ2) is 5.07. The van der Waals surface area contributed by atoms with Crippen LogP contribution in [0, 0.1) is 6.92 Å². The molecular weight excluding hydrogens is 292 g/mol. The molecule has 6 heteroatoms. The van der Waals surface area contributed by atoms with Crippen molar-refractivity contribution in [2.45, 2.75) is 32.2 Å². The summed E-state index contributed by atoms with van der Waals surface area (Å²) < 4.78 is 1.40. The first-order chi connectivity index (χ1) is 9.99. The molecule has 1 fully saturated rings. The summed E-state index contributed by atoms with van der Waals surface area (Å²) in [5.41, 5.74) is 0.157. The number of aryl methyl sites for hydroxylation is 1. The molecule has 1 saturated carbocycles. The normalized spacial score (nSPS) is 19.2. The number of carbonyl (C=O) groups excluding carboxylic acids is 2. The van der Waals surface area contributed by atoms with Crippen molar-refractivity contribution in [1.29, 1.82) is 0 Å². The highest BCUT2D eigenvalue weighted by Gasteiger charge is 2.30. The van der Waals surface area contributed by atoms with E-state index in [1.165, 1.54) is 4.57 Å². The lowest BCUT2D eigenvalue weighted by Gasteiger charge is -2.24. The summed E-state index contributed by atoms with van der Waals surface area (Å²) in [5.74, 6) is 0.145. The Hall–Kier alpha value is -2.01. The van der Waals surface area contributed by atoms with E-state index in [2.05, 4.69) is 4.98 Å². The molecule has 2 aromatic rings. The van der Waals surface area contributed by atoms with Crippen LogP contribution < -0.4 is 5.56 Å². The van der Waals surface area contributed by atoms with Crippen LogP contribution in [-0.4, -0.2) is 21.1 Å². The van der Waals surface area contributed by atoms with E-state index in [4.69, 9.17) is 11.6 Å². The third-order valence-corrected chi connectivity index (χ3v) is 4.11. The molecule has 1 aliphatic carbocycles. The van der Waals surface area contributed by atoms with Crippen molar-refractivity contribution < 1.29 is 9.59 Å². The topological polar surface area (TPSA) is 69.0 Å². The third kappa shape index (κ3) is 2.27. The molecule has 1 unspecified atom stereocenters. The number of fused-ring (bicyclic) bond motifs is 1. The SMILES string of the molecule is Cc1nc2c(Cl)cccc2c(=O)n1C1CCC(=O)CC1=O. The van der Waals surface area contributed by atoms with Crippen LogP contribution in [0.5, 0.6) is 0 Å². The van der Waals surface area contributed by atoms with Gasteiger partial charge in [0.1, 0.15) is 11.6 Å². The molecule has 0 amide bonds. The highest BCUT2D eigenvalue weighted by molar-refractivity contribution is 6.34. The predicted octanol–water partition coefficient (Wildman–Crippen LogP) is 2.22. The van der Waals surface area contributed by atoms with Crippen molar-refractivity contribution in [1.82, 2.24) is 9.55 Å². The van der Waals surface area contributed by atoms with Crippen LogP contribution in [0.2, 0.25) is 5.02 Å². The zero-order valence-corrected chi connectivity index (χ0v) is 12.2. The average Bonchev–Trinajstić information content (AvgIpc) is 2.42. The Morgan fingerprint density at radius 2 is 2.05 bits per heavy atom. The van der Waals surface area contributed by atoms with Gasteiger partial charge >= 0.3 is 0 Å². The van der Waals surface area contributed by atoms with E-state index in [9.17, 15) is 14.4 Å². The minimum atomic E-state index is -0.605. The minimum absolute atomic E-state index is 0.0706. The number of hydrogen-bond donors (Lipinski definition) is 0. The van der Waals surface area contributed by atoms with E-state index < -0.39 is 6.04 Å². The van der Waals surface area contributed by atoms with Crippen LogP contribution in [0.25, 0.3) is 10.9 Å². The van der Waals surface area contributed by atoms with Gasteiger partial charge in [-0.15, -0.1) is 0 Å². The number of Topliss-reactive ketones (excluding diaryl/α,β-unsaturated/α-hetero) is 2. The molecule has 3 rings (SSSR count). The summed E-state index contributed by atoms with van der Waals surface area (Å²) in [4.78, 5) is 40.4. The lowest BCUT2D eigenvalue weighted by molar-refractivity contribution is -0.132. The van der Waals surface area contributed by atoms with Crippen LogP contribution in [0.1, 0.15) is 31.1 Å². The van der Waals surface area contributed by atoms with Gasteiger partial charge in [0.2, 0.25) is 0 Å². The van der Waals surface area contributed by atoms with Crippen molar-refractivity contribution in [3.63, 3.8) is 0 Å². The Morgan fingerprint density at radius 1 is 1.29 bits per heavy atom. The fourth-order valence-electron chi connectivity index (χ4n) is 2.79. The standard InChI is InChI=1S/C15H13ClN2O3/c1-8-17-14-10(3-2-4-11(14)16)15(21)18(8)12-6-5-9(19)7-13(12)20/h2-4,12H,5-7H2,1H3. The van der Waals surface area contributed by atoms with E-state index >= 15 is 0 Å². The van der Waals surface area contributed by atoms with E-state index in [-0.39, 0.29) is 23.5 Å². The van der Waals surface area contributed by atoms with Crippen LogP contribution in [0.15, 0.2) is 23.0 Å². The maximum atomic E-state index is 12.7. The van der Waals surface area contributed by atoms with Crippen molar-refractivity contribution in [3.8, 4) is 0 Å². The second-order valence-corrected chi connectivity index (χ2v) is 5.61. The van der Waals surface area contributed by atoms with Gasteiger partial charge in [0, 0.05) is 6.42 Å². The van der Waals surface area contributed by atoms with Gasteiger partial charge < -0.3 is 0 Å². The summed E-state index contributed by atoms with van der Waals surface area (Å²) in [5, 5.41) is 0.794. The quantitative estimate of drug-likeness (QED) is 0.758. The molecule has 0 bridgehead atoms. The fraction of sp³-hybridized carbons (Fsp3) is 0.333. The Morgan fingerprint density at radius 3 is 2.76 bits per heavy atom. The monoisotopic (exact) mass is 304 g/mol. The van der Waals surface area contributed by atoms with Crippen LogP contribution in [0.3, 0.4) is 0 Å². The number of ketones is 2.